The van der Waals surface area contributed by atoms with Gasteiger partial charge in [0.2, 0.25) is 11.7 Å². The van der Waals surface area contributed by atoms with E-state index in [2.05, 4.69) is 15.5 Å². The molecule has 0 radical (unpaired) electrons. The van der Waals surface area contributed by atoms with Gasteiger partial charge in [0.1, 0.15) is 0 Å². The maximum Gasteiger partial charge on any atom is 0.416 e. The molecule has 1 aliphatic rings. The molecule has 2 aromatic carbocycles. The summed E-state index contributed by atoms with van der Waals surface area (Å²) in [7, 11) is 0. The summed E-state index contributed by atoms with van der Waals surface area (Å²) < 4.78 is 44.0. The minimum absolute atomic E-state index is 0.102. The summed E-state index contributed by atoms with van der Waals surface area (Å²) in [5, 5.41) is 7.16. The third-order valence-electron chi connectivity index (χ3n) is 5.01. The number of nitrogens with zero attached hydrogens (tertiary/aromatic N) is 4. The van der Waals surface area contributed by atoms with Gasteiger partial charge in [-0.15, -0.1) is 0 Å². The molecule has 1 N–H and O–H groups in total. The highest BCUT2D eigenvalue weighted by Gasteiger charge is 2.31. The zero-order valence-electron chi connectivity index (χ0n) is 16.8. The van der Waals surface area contributed by atoms with E-state index in [1.54, 1.807) is 29.2 Å². The summed E-state index contributed by atoms with van der Waals surface area (Å²) >= 11 is 5.94. The molecule has 4 rings (SSSR count). The SMILES string of the molecule is O=C(Nc1cccc(Cl)c1)N1CCN(Cc2nc(-c3cccc(C(F)(F)F)c3)no2)CC1. The molecule has 11 heteroatoms. The number of urea groups is 1. The van der Waals surface area contributed by atoms with Crippen molar-refractivity contribution in [1.29, 1.82) is 0 Å². The highest BCUT2D eigenvalue weighted by atomic mass is 35.5. The van der Waals surface area contributed by atoms with E-state index in [-0.39, 0.29) is 17.4 Å². The lowest BCUT2D eigenvalue weighted by Crippen LogP contribution is -2.49. The van der Waals surface area contributed by atoms with E-state index in [1.807, 2.05) is 4.90 Å². The van der Waals surface area contributed by atoms with Crippen LogP contribution in [0.1, 0.15) is 11.5 Å². The van der Waals surface area contributed by atoms with Crippen molar-refractivity contribution in [3.63, 3.8) is 0 Å². The van der Waals surface area contributed by atoms with Crippen molar-refractivity contribution >= 4 is 23.3 Å². The van der Waals surface area contributed by atoms with Gasteiger partial charge in [-0.3, -0.25) is 4.90 Å². The molecule has 1 fully saturated rings. The third kappa shape index (κ3) is 5.38. The molecule has 0 aliphatic carbocycles. The standard InChI is InChI=1S/C21H19ClF3N5O2/c22-16-5-2-6-17(12-16)26-20(31)30-9-7-29(8-10-30)13-18-27-19(28-32-18)14-3-1-4-15(11-14)21(23,24)25/h1-6,11-12H,7-10,13H2,(H,26,31). The maximum absolute atomic E-state index is 12.9. The number of aromatic nitrogens is 2. The zero-order chi connectivity index (χ0) is 22.7. The second kappa shape index (κ2) is 9.17. The van der Waals surface area contributed by atoms with Crippen LogP contribution in [0.5, 0.6) is 0 Å². The number of halogens is 4. The maximum atomic E-state index is 12.9. The molecule has 3 aromatic rings. The first-order chi connectivity index (χ1) is 15.3. The summed E-state index contributed by atoms with van der Waals surface area (Å²) in [6, 6.07) is 11.5. The summed E-state index contributed by atoms with van der Waals surface area (Å²) in [4.78, 5) is 20.4. The first-order valence-electron chi connectivity index (χ1n) is 9.82. The van der Waals surface area contributed by atoms with Gasteiger partial charge in [0.15, 0.2) is 0 Å². The first-order valence-corrected chi connectivity index (χ1v) is 10.2. The van der Waals surface area contributed by atoms with E-state index in [4.69, 9.17) is 16.1 Å². The van der Waals surface area contributed by atoms with Crippen LogP contribution in [0.4, 0.5) is 23.7 Å². The van der Waals surface area contributed by atoms with Crippen LogP contribution in [0.2, 0.25) is 5.02 Å². The van der Waals surface area contributed by atoms with Crippen LogP contribution in [0.3, 0.4) is 0 Å². The number of nitrogens with one attached hydrogen (secondary N) is 1. The summed E-state index contributed by atoms with van der Waals surface area (Å²) in [6.07, 6.45) is -4.44. The molecule has 168 valence electrons. The molecule has 1 saturated heterocycles. The van der Waals surface area contributed by atoms with Crippen LogP contribution in [0, 0.1) is 0 Å². The van der Waals surface area contributed by atoms with Gasteiger partial charge in [-0.05, 0) is 30.3 Å². The number of alkyl halides is 3. The summed E-state index contributed by atoms with van der Waals surface area (Å²) in [6.45, 7) is 2.52. The molecule has 2 heterocycles. The number of anilines is 1. The number of carbonyl (C=O) groups is 1. The lowest BCUT2D eigenvalue weighted by atomic mass is 10.1. The monoisotopic (exact) mass is 465 g/mol. The average Bonchev–Trinajstić information content (AvgIpc) is 3.22. The smallest absolute Gasteiger partial charge is 0.338 e. The molecule has 1 aliphatic heterocycles. The van der Waals surface area contributed by atoms with Gasteiger partial charge in [0, 0.05) is 42.5 Å². The highest BCUT2D eigenvalue weighted by Crippen LogP contribution is 2.31. The number of amides is 2. The topological polar surface area (TPSA) is 74.5 Å². The van der Waals surface area contributed by atoms with E-state index in [0.29, 0.717) is 49.3 Å². The third-order valence-corrected chi connectivity index (χ3v) is 5.25. The molecular weight excluding hydrogens is 447 g/mol. The van der Waals surface area contributed by atoms with Crippen molar-refractivity contribution in [2.75, 3.05) is 31.5 Å². The Morgan fingerprint density at radius 2 is 1.84 bits per heavy atom. The Kier molecular flexibility index (Phi) is 6.33. The molecule has 0 saturated carbocycles. The van der Waals surface area contributed by atoms with E-state index in [0.717, 1.165) is 12.1 Å². The molecule has 0 atom stereocenters. The van der Waals surface area contributed by atoms with E-state index >= 15 is 0 Å². The molecule has 1 aromatic heterocycles. The first kappa shape index (κ1) is 22.1. The Labute approximate surface area is 186 Å². The quantitative estimate of drug-likeness (QED) is 0.601. The lowest BCUT2D eigenvalue weighted by Gasteiger charge is -2.33. The number of rotatable bonds is 4. The lowest BCUT2D eigenvalue weighted by molar-refractivity contribution is -0.137. The van der Waals surface area contributed by atoms with Crippen LogP contribution in [-0.4, -0.2) is 52.2 Å². The fourth-order valence-corrected chi connectivity index (χ4v) is 3.53. The molecular formula is C21H19ClF3N5O2. The number of piperazine rings is 1. The van der Waals surface area contributed by atoms with Crippen LogP contribution >= 0.6 is 11.6 Å². The van der Waals surface area contributed by atoms with Crippen LogP contribution in [-0.2, 0) is 12.7 Å². The normalized spacial score (nSPS) is 15.1. The predicted octanol–water partition coefficient (Wildman–Crippen LogP) is 4.76. The van der Waals surface area contributed by atoms with Crippen LogP contribution < -0.4 is 5.32 Å². The van der Waals surface area contributed by atoms with Gasteiger partial charge in [0.25, 0.3) is 0 Å². The molecule has 0 spiro atoms. The average molecular weight is 466 g/mol. The van der Waals surface area contributed by atoms with Gasteiger partial charge in [-0.25, -0.2) is 4.79 Å². The zero-order valence-corrected chi connectivity index (χ0v) is 17.5. The Bertz CT molecular complexity index is 1100. The second-order valence-corrected chi connectivity index (χ2v) is 7.73. The van der Waals surface area contributed by atoms with Crippen molar-refractivity contribution in [2.24, 2.45) is 0 Å². The number of hydrogen-bond acceptors (Lipinski definition) is 5. The summed E-state index contributed by atoms with van der Waals surface area (Å²) in [5.41, 5.74) is 0.0868. The van der Waals surface area contributed by atoms with Crippen molar-refractivity contribution in [1.82, 2.24) is 19.9 Å². The number of hydrogen-bond donors (Lipinski definition) is 1. The van der Waals surface area contributed by atoms with Gasteiger partial charge in [-0.1, -0.05) is 35.0 Å². The van der Waals surface area contributed by atoms with Gasteiger partial charge >= 0.3 is 12.2 Å². The van der Waals surface area contributed by atoms with Crippen LogP contribution in [0.25, 0.3) is 11.4 Å². The molecule has 0 unspecified atom stereocenters. The summed E-state index contributed by atoms with van der Waals surface area (Å²) in [5.74, 6) is 0.403. The fourth-order valence-electron chi connectivity index (χ4n) is 3.34. The minimum atomic E-state index is -4.44. The molecule has 0 bridgehead atoms. The van der Waals surface area contributed by atoms with E-state index < -0.39 is 11.7 Å². The van der Waals surface area contributed by atoms with Crippen LogP contribution in [0.15, 0.2) is 53.1 Å². The molecule has 32 heavy (non-hydrogen) atoms. The predicted molar refractivity (Wildman–Crippen MR) is 112 cm³/mol. The Hall–Kier alpha value is -3.11. The van der Waals surface area contributed by atoms with Gasteiger partial charge < -0.3 is 14.7 Å². The number of carbonyl (C=O) groups excluding carboxylic acids is 1. The molecule has 2 amide bonds. The van der Waals surface area contributed by atoms with Gasteiger partial charge in [0.05, 0.1) is 12.1 Å². The van der Waals surface area contributed by atoms with Crippen molar-refractivity contribution < 1.29 is 22.5 Å². The Balaban J connectivity index is 1.31. The van der Waals surface area contributed by atoms with E-state index in [9.17, 15) is 18.0 Å². The van der Waals surface area contributed by atoms with E-state index in [1.165, 1.54) is 12.1 Å². The molecule has 7 nitrogen and oxygen atoms in total. The fraction of sp³-hybridized carbons (Fsp3) is 0.286. The number of benzene rings is 2. The second-order valence-electron chi connectivity index (χ2n) is 7.29. The Morgan fingerprint density at radius 3 is 2.56 bits per heavy atom. The van der Waals surface area contributed by atoms with Crippen molar-refractivity contribution in [2.45, 2.75) is 12.7 Å². The largest absolute Gasteiger partial charge is 0.416 e. The Morgan fingerprint density at radius 1 is 1.09 bits per heavy atom. The minimum Gasteiger partial charge on any atom is -0.338 e. The van der Waals surface area contributed by atoms with Gasteiger partial charge in [-0.2, -0.15) is 18.2 Å². The van der Waals surface area contributed by atoms with Crippen molar-refractivity contribution in [3.8, 4) is 11.4 Å². The van der Waals surface area contributed by atoms with Crippen molar-refractivity contribution in [3.05, 3.63) is 65.0 Å². The highest BCUT2D eigenvalue weighted by molar-refractivity contribution is 6.30.